The molecule has 1 rings (SSSR count). The van der Waals surface area contributed by atoms with Gasteiger partial charge in [0.15, 0.2) is 0 Å². The van der Waals surface area contributed by atoms with Crippen molar-refractivity contribution in [3.05, 3.63) is 24.8 Å². The SMILES string of the molecule is C=C[C@@H]1CCC[C@@H]1/C=C/CC. The second kappa shape index (κ2) is 4.38. The normalized spacial score (nSPS) is 31.4. The minimum absolute atomic E-state index is 0.762. The summed E-state index contributed by atoms with van der Waals surface area (Å²) >= 11 is 0. The minimum Gasteiger partial charge on any atom is -0.103 e. The highest BCUT2D eigenvalue weighted by Gasteiger charge is 2.21. The van der Waals surface area contributed by atoms with E-state index in [1.165, 1.54) is 25.7 Å². The van der Waals surface area contributed by atoms with Crippen LogP contribution in [-0.2, 0) is 0 Å². The zero-order valence-corrected chi connectivity index (χ0v) is 7.42. The van der Waals surface area contributed by atoms with Crippen molar-refractivity contribution in [2.75, 3.05) is 0 Å². The molecule has 0 unspecified atom stereocenters. The predicted molar refractivity (Wildman–Crippen MR) is 50.5 cm³/mol. The Labute approximate surface area is 70.0 Å². The molecule has 1 saturated carbocycles. The largest absolute Gasteiger partial charge is 0.103 e. The Morgan fingerprint density at radius 1 is 1.36 bits per heavy atom. The molecule has 2 atom stereocenters. The number of hydrogen-bond acceptors (Lipinski definition) is 0. The van der Waals surface area contributed by atoms with Crippen molar-refractivity contribution in [2.24, 2.45) is 11.8 Å². The lowest BCUT2D eigenvalue weighted by atomic mass is 9.96. The maximum atomic E-state index is 3.87. The van der Waals surface area contributed by atoms with Crippen molar-refractivity contribution < 1.29 is 0 Å². The quantitative estimate of drug-likeness (QED) is 0.540. The second-order valence-corrected chi connectivity index (χ2v) is 3.33. The molecule has 0 bridgehead atoms. The Balaban J connectivity index is 2.43. The molecule has 0 N–H and O–H groups in total. The summed E-state index contributed by atoms with van der Waals surface area (Å²) in [5.41, 5.74) is 0. The Morgan fingerprint density at radius 2 is 2.09 bits per heavy atom. The summed E-state index contributed by atoms with van der Waals surface area (Å²) in [6, 6.07) is 0. The highest BCUT2D eigenvalue weighted by atomic mass is 14.3. The molecule has 0 saturated heterocycles. The van der Waals surface area contributed by atoms with Gasteiger partial charge < -0.3 is 0 Å². The molecule has 0 nitrogen and oxygen atoms in total. The third kappa shape index (κ3) is 2.21. The van der Waals surface area contributed by atoms with Crippen LogP contribution in [0.5, 0.6) is 0 Å². The molecule has 0 spiro atoms. The topological polar surface area (TPSA) is 0 Å². The Morgan fingerprint density at radius 3 is 2.73 bits per heavy atom. The molecule has 11 heavy (non-hydrogen) atoms. The zero-order chi connectivity index (χ0) is 8.10. The summed E-state index contributed by atoms with van der Waals surface area (Å²) in [6.45, 7) is 6.06. The minimum atomic E-state index is 0.762. The molecule has 1 fully saturated rings. The van der Waals surface area contributed by atoms with Crippen LogP contribution < -0.4 is 0 Å². The summed E-state index contributed by atoms with van der Waals surface area (Å²) in [4.78, 5) is 0. The van der Waals surface area contributed by atoms with E-state index >= 15 is 0 Å². The fourth-order valence-electron chi connectivity index (χ4n) is 1.86. The van der Waals surface area contributed by atoms with Crippen LogP contribution in [0.3, 0.4) is 0 Å². The molecule has 0 radical (unpaired) electrons. The summed E-state index contributed by atoms with van der Waals surface area (Å²) in [5, 5.41) is 0. The van der Waals surface area contributed by atoms with Gasteiger partial charge in [0.05, 0.1) is 0 Å². The van der Waals surface area contributed by atoms with Gasteiger partial charge in [0.1, 0.15) is 0 Å². The molecule has 0 aromatic carbocycles. The highest BCUT2D eigenvalue weighted by Crippen LogP contribution is 2.33. The van der Waals surface area contributed by atoms with Crippen molar-refractivity contribution in [1.82, 2.24) is 0 Å². The van der Waals surface area contributed by atoms with Gasteiger partial charge in [-0.25, -0.2) is 0 Å². The lowest BCUT2D eigenvalue weighted by Crippen LogP contribution is -2.00. The third-order valence-electron chi connectivity index (χ3n) is 2.55. The van der Waals surface area contributed by atoms with Crippen LogP contribution in [0, 0.1) is 11.8 Å². The molecule has 1 aliphatic carbocycles. The fraction of sp³-hybridized carbons (Fsp3) is 0.636. The lowest BCUT2D eigenvalue weighted by Gasteiger charge is -2.09. The zero-order valence-electron chi connectivity index (χ0n) is 7.42. The van der Waals surface area contributed by atoms with E-state index in [9.17, 15) is 0 Å². The van der Waals surface area contributed by atoms with E-state index in [1.807, 2.05) is 0 Å². The van der Waals surface area contributed by atoms with Crippen molar-refractivity contribution in [3.8, 4) is 0 Å². The first-order chi connectivity index (χ1) is 5.38. The van der Waals surface area contributed by atoms with Crippen molar-refractivity contribution in [3.63, 3.8) is 0 Å². The average Bonchev–Trinajstić information content (AvgIpc) is 2.47. The Bertz CT molecular complexity index is 144. The smallest absolute Gasteiger partial charge is 0.0171 e. The van der Waals surface area contributed by atoms with E-state index in [0.717, 1.165) is 11.8 Å². The van der Waals surface area contributed by atoms with Crippen LogP contribution in [0.25, 0.3) is 0 Å². The van der Waals surface area contributed by atoms with Crippen LogP contribution in [0.4, 0.5) is 0 Å². The van der Waals surface area contributed by atoms with Gasteiger partial charge in [0.2, 0.25) is 0 Å². The van der Waals surface area contributed by atoms with E-state index in [4.69, 9.17) is 0 Å². The van der Waals surface area contributed by atoms with Crippen LogP contribution in [0.2, 0.25) is 0 Å². The molecule has 0 amide bonds. The summed E-state index contributed by atoms with van der Waals surface area (Å²) in [5.74, 6) is 1.56. The summed E-state index contributed by atoms with van der Waals surface area (Å²) in [7, 11) is 0. The van der Waals surface area contributed by atoms with E-state index < -0.39 is 0 Å². The van der Waals surface area contributed by atoms with Crippen molar-refractivity contribution in [2.45, 2.75) is 32.6 Å². The molecular weight excluding hydrogens is 132 g/mol. The van der Waals surface area contributed by atoms with Gasteiger partial charge in [-0.2, -0.15) is 0 Å². The van der Waals surface area contributed by atoms with Gasteiger partial charge in [0.25, 0.3) is 0 Å². The van der Waals surface area contributed by atoms with Gasteiger partial charge in [-0.15, -0.1) is 6.58 Å². The third-order valence-corrected chi connectivity index (χ3v) is 2.55. The molecule has 0 heterocycles. The van der Waals surface area contributed by atoms with Crippen LogP contribution >= 0.6 is 0 Å². The van der Waals surface area contributed by atoms with E-state index in [0.29, 0.717) is 0 Å². The van der Waals surface area contributed by atoms with Gasteiger partial charge in [0, 0.05) is 0 Å². The van der Waals surface area contributed by atoms with E-state index in [-0.39, 0.29) is 0 Å². The van der Waals surface area contributed by atoms with Crippen LogP contribution in [-0.4, -0.2) is 0 Å². The van der Waals surface area contributed by atoms with Crippen LogP contribution in [0.1, 0.15) is 32.6 Å². The maximum Gasteiger partial charge on any atom is -0.0171 e. The molecule has 0 heteroatoms. The molecule has 0 aromatic heterocycles. The monoisotopic (exact) mass is 150 g/mol. The standard InChI is InChI=1S/C11H18/c1-3-5-7-11-9-6-8-10(11)4-2/h4-5,7,10-11H,2-3,6,8-9H2,1H3/b7-5+/t10-,11+/m1/s1. The van der Waals surface area contributed by atoms with Crippen LogP contribution in [0.15, 0.2) is 24.8 Å². The average molecular weight is 150 g/mol. The van der Waals surface area contributed by atoms with E-state index in [1.54, 1.807) is 0 Å². The molecule has 0 aliphatic heterocycles. The first kappa shape index (κ1) is 8.58. The second-order valence-electron chi connectivity index (χ2n) is 3.33. The summed E-state index contributed by atoms with van der Waals surface area (Å²) in [6.07, 6.45) is 12.1. The predicted octanol–water partition coefficient (Wildman–Crippen LogP) is 3.55. The molecule has 0 aromatic rings. The summed E-state index contributed by atoms with van der Waals surface area (Å²) < 4.78 is 0. The van der Waals surface area contributed by atoms with Crippen molar-refractivity contribution >= 4 is 0 Å². The number of hydrogen-bond donors (Lipinski definition) is 0. The molecule has 62 valence electrons. The number of allylic oxidation sites excluding steroid dienone is 3. The molecular formula is C11H18. The van der Waals surface area contributed by atoms with Gasteiger partial charge >= 0.3 is 0 Å². The maximum absolute atomic E-state index is 3.87. The first-order valence-electron chi connectivity index (χ1n) is 4.67. The van der Waals surface area contributed by atoms with Gasteiger partial charge in [-0.1, -0.05) is 31.6 Å². The lowest BCUT2D eigenvalue weighted by molar-refractivity contribution is 0.558. The Kier molecular flexibility index (Phi) is 3.41. The highest BCUT2D eigenvalue weighted by molar-refractivity contribution is 4.99. The fourth-order valence-corrected chi connectivity index (χ4v) is 1.86. The number of rotatable bonds is 3. The van der Waals surface area contributed by atoms with E-state index in [2.05, 4.69) is 31.7 Å². The van der Waals surface area contributed by atoms with Crippen molar-refractivity contribution in [1.29, 1.82) is 0 Å². The Hall–Kier alpha value is -0.520. The molecule has 1 aliphatic rings. The van der Waals surface area contributed by atoms with Gasteiger partial charge in [-0.05, 0) is 31.1 Å². The first-order valence-corrected chi connectivity index (χ1v) is 4.67. The van der Waals surface area contributed by atoms with Gasteiger partial charge in [-0.3, -0.25) is 0 Å².